The van der Waals surface area contributed by atoms with Crippen LogP contribution < -0.4 is 5.56 Å². The molecule has 4 heteroatoms. The molecule has 0 saturated heterocycles. The molecule has 0 aliphatic heterocycles. The molecule has 1 aliphatic rings. The molecule has 0 atom stereocenters. The normalized spacial score (nSPS) is 18.5. The summed E-state index contributed by atoms with van der Waals surface area (Å²) in [4.78, 5) is 15.8. The van der Waals surface area contributed by atoms with E-state index in [9.17, 15) is 4.79 Å². The van der Waals surface area contributed by atoms with Gasteiger partial charge in [0.15, 0.2) is 0 Å². The van der Waals surface area contributed by atoms with Crippen LogP contribution in [0.1, 0.15) is 25.0 Å². The molecule has 3 nitrogen and oxygen atoms in total. The van der Waals surface area contributed by atoms with Crippen molar-refractivity contribution >= 4 is 15.9 Å². The van der Waals surface area contributed by atoms with Gasteiger partial charge in [-0.2, -0.15) is 0 Å². The van der Waals surface area contributed by atoms with E-state index in [0.29, 0.717) is 5.41 Å². The lowest BCUT2D eigenvalue weighted by Crippen LogP contribution is -2.39. The predicted molar refractivity (Wildman–Crippen MR) is 63.3 cm³/mol. The Labute approximate surface area is 97.7 Å². The number of alkyl halides is 1. The second-order valence-corrected chi connectivity index (χ2v) is 5.04. The van der Waals surface area contributed by atoms with Gasteiger partial charge in [0.05, 0.1) is 6.33 Å². The molecule has 0 N–H and O–H groups in total. The van der Waals surface area contributed by atoms with Crippen molar-refractivity contribution in [1.82, 2.24) is 9.55 Å². The quantitative estimate of drug-likeness (QED) is 0.789. The molecule has 1 heterocycles. The number of hydrogen-bond acceptors (Lipinski definition) is 2. The van der Waals surface area contributed by atoms with Crippen molar-refractivity contribution in [2.45, 2.75) is 32.7 Å². The van der Waals surface area contributed by atoms with Gasteiger partial charge in [-0.3, -0.25) is 9.36 Å². The van der Waals surface area contributed by atoms with Gasteiger partial charge in [0.1, 0.15) is 0 Å². The highest BCUT2D eigenvalue weighted by atomic mass is 79.9. The van der Waals surface area contributed by atoms with Crippen LogP contribution in [-0.2, 0) is 6.54 Å². The highest BCUT2D eigenvalue weighted by Gasteiger charge is 2.36. The van der Waals surface area contributed by atoms with Crippen molar-refractivity contribution < 1.29 is 0 Å². The number of aromatic nitrogens is 2. The molecule has 2 rings (SSSR count). The van der Waals surface area contributed by atoms with Crippen LogP contribution in [0.3, 0.4) is 0 Å². The predicted octanol–water partition coefficient (Wildman–Crippen LogP) is 2.12. The third-order valence-corrected chi connectivity index (χ3v) is 4.41. The summed E-state index contributed by atoms with van der Waals surface area (Å²) in [5, 5.41) is 0.973. The largest absolute Gasteiger partial charge is 0.299 e. The lowest BCUT2D eigenvalue weighted by molar-refractivity contribution is 0.138. The van der Waals surface area contributed by atoms with Gasteiger partial charge in [-0.05, 0) is 25.2 Å². The lowest BCUT2D eigenvalue weighted by atomic mass is 9.70. The summed E-state index contributed by atoms with van der Waals surface area (Å²) >= 11 is 3.54. The van der Waals surface area contributed by atoms with Crippen LogP contribution in [0.15, 0.2) is 17.2 Å². The number of nitrogens with zero attached hydrogens (tertiary/aromatic N) is 2. The topological polar surface area (TPSA) is 34.9 Å². The van der Waals surface area contributed by atoms with Gasteiger partial charge >= 0.3 is 0 Å². The maximum Gasteiger partial charge on any atom is 0.253 e. The SMILES string of the molecule is Cc1cc(=O)n(CC2(CBr)CCC2)cn1. The molecule has 15 heavy (non-hydrogen) atoms. The molecule has 0 aromatic carbocycles. The van der Waals surface area contributed by atoms with Crippen LogP contribution in [-0.4, -0.2) is 14.9 Å². The first-order valence-electron chi connectivity index (χ1n) is 5.24. The van der Waals surface area contributed by atoms with E-state index in [4.69, 9.17) is 0 Å². The third-order valence-electron chi connectivity index (χ3n) is 3.22. The van der Waals surface area contributed by atoms with E-state index < -0.39 is 0 Å². The summed E-state index contributed by atoms with van der Waals surface area (Å²) in [6.07, 6.45) is 5.36. The van der Waals surface area contributed by atoms with Crippen LogP contribution in [0.5, 0.6) is 0 Å². The van der Waals surface area contributed by atoms with E-state index in [1.165, 1.54) is 19.3 Å². The van der Waals surface area contributed by atoms with Gasteiger partial charge in [-0.25, -0.2) is 4.98 Å². The van der Waals surface area contributed by atoms with Crippen LogP contribution in [0.4, 0.5) is 0 Å². The van der Waals surface area contributed by atoms with Crippen molar-refractivity contribution in [3.63, 3.8) is 0 Å². The minimum Gasteiger partial charge on any atom is -0.299 e. The van der Waals surface area contributed by atoms with E-state index >= 15 is 0 Å². The summed E-state index contributed by atoms with van der Waals surface area (Å²) < 4.78 is 1.73. The summed E-state index contributed by atoms with van der Waals surface area (Å²) in [6, 6.07) is 1.60. The summed E-state index contributed by atoms with van der Waals surface area (Å²) in [5.74, 6) is 0. The molecule has 82 valence electrons. The summed E-state index contributed by atoms with van der Waals surface area (Å²) in [6.45, 7) is 2.64. The zero-order chi connectivity index (χ0) is 10.9. The average Bonchev–Trinajstić information content (AvgIpc) is 2.14. The lowest BCUT2D eigenvalue weighted by Gasteiger charge is -2.40. The van der Waals surface area contributed by atoms with Gasteiger partial charge in [0.25, 0.3) is 5.56 Å². The Morgan fingerprint density at radius 2 is 2.33 bits per heavy atom. The van der Waals surface area contributed by atoms with E-state index in [1.807, 2.05) is 6.92 Å². The smallest absolute Gasteiger partial charge is 0.253 e. The highest BCUT2D eigenvalue weighted by molar-refractivity contribution is 9.09. The third kappa shape index (κ3) is 2.14. The Bertz CT molecular complexity index is 404. The molecule has 0 bridgehead atoms. The Morgan fingerprint density at radius 1 is 1.60 bits per heavy atom. The Morgan fingerprint density at radius 3 is 2.80 bits per heavy atom. The summed E-state index contributed by atoms with van der Waals surface area (Å²) in [5.41, 5.74) is 1.15. The van der Waals surface area contributed by atoms with Crippen LogP contribution >= 0.6 is 15.9 Å². The zero-order valence-corrected chi connectivity index (χ0v) is 10.5. The van der Waals surface area contributed by atoms with Gasteiger partial charge in [0.2, 0.25) is 0 Å². The maximum absolute atomic E-state index is 11.7. The van der Waals surface area contributed by atoms with E-state index in [1.54, 1.807) is 17.0 Å². The van der Waals surface area contributed by atoms with Crippen LogP contribution in [0.25, 0.3) is 0 Å². The molecule has 1 aliphatic carbocycles. The Hall–Kier alpha value is -0.640. The number of hydrogen-bond donors (Lipinski definition) is 0. The van der Waals surface area contributed by atoms with Crippen molar-refractivity contribution in [3.8, 4) is 0 Å². The average molecular weight is 271 g/mol. The number of rotatable bonds is 3. The molecule has 0 amide bonds. The highest BCUT2D eigenvalue weighted by Crippen LogP contribution is 2.43. The van der Waals surface area contributed by atoms with Crippen molar-refractivity contribution in [2.75, 3.05) is 5.33 Å². The van der Waals surface area contributed by atoms with Gasteiger partial charge in [-0.15, -0.1) is 0 Å². The van der Waals surface area contributed by atoms with Gasteiger partial charge in [-0.1, -0.05) is 22.4 Å². The molecule has 0 spiro atoms. The van der Waals surface area contributed by atoms with Gasteiger partial charge in [0, 0.05) is 23.6 Å². The first-order chi connectivity index (χ1) is 7.15. The number of halogens is 1. The monoisotopic (exact) mass is 270 g/mol. The van der Waals surface area contributed by atoms with Crippen molar-refractivity contribution in [2.24, 2.45) is 5.41 Å². The van der Waals surface area contributed by atoms with Crippen LogP contribution in [0, 0.1) is 12.3 Å². The number of aryl methyl sites for hydroxylation is 1. The minimum absolute atomic E-state index is 0.0646. The second kappa shape index (κ2) is 4.08. The standard InChI is InChI=1S/C11H15BrN2O/c1-9-5-10(15)14(8-13-9)7-11(6-12)3-2-4-11/h5,8H,2-4,6-7H2,1H3. The molecular formula is C11H15BrN2O. The molecule has 1 aromatic rings. The second-order valence-electron chi connectivity index (χ2n) is 4.48. The first-order valence-corrected chi connectivity index (χ1v) is 6.36. The van der Waals surface area contributed by atoms with Crippen molar-refractivity contribution in [3.05, 3.63) is 28.4 Å². The molecule has 0 radical (unpaired) electrons. The summed E-state index contributed by atoms with van der Waals surface area (Å²) in [7, 11) is 0. The first kappa shape index (κ1) is 10.9. The molecular weight excluding hydrogens is 256 g/mol. The Kier molecular flexibility index (Phi) is 2.96. The molecule has 1 saturated carbocycles. The minimum atomic E-state index is 0.0646. The van der Waals surface area contributed by atoms with Crippen molar-refractivity contribution in [1.29, 1.82) is 0 Å². The van der Waals surface area contributed by atoms with E-state index in [2.05, 4.69) is 20.9 Å². The fourth-order valence-electron chi connectivity index (χ4n) is 2.01. The molecule has 1 aromatic heterocycles. The van der Waals surface area contributed by atoms with E-state index in [0.717, 1.165) is 17.6 Å². The van der Waals surface area contributed by atoms with Gasteiger partial charge < -0.3 is 0 Å². The molecule has 0 unspecified atom stereocenters. The zero-order valence-electron chi connectivity index (χ0n) is 8.87. The van der Waals surface area contributed by atoms with E-state index in [-0.39, 0.29) is 5.56 Å². The fraction of sp³-hybridized carbons (Fsp3) is 0.636. The fourth-order valence-corrected chi connectivity index (χ4v) is 2.75. The molecule has 1 fully saturated rings. The maximum atomic E-state index is 11.7. The Balaban J connectivity index is 2.20. The van der Waals surface area contributed by atoms with Crippen LogP contribution in [0.2, 0.25) is 0 Å².